The lowest BCUT2D eigenvalue weighted by Crippen LogP contribution is -2.28. The number of carbonyl (C=O) groups is 3. The number of fused-ring (bicyclic) bond motifs is 1. The van der Waals surface area contributed by atoms with Crippen molar-refractivity contribution in [3.8, 4) is 0 Å². The molecule has 0 fully saturated rings. The van der Waals surface area contributed by atoms with Crippen LogP contribution in [-0.4, -0.2) is 54.5 Å². The van der Waals surface area contributed by atoms with E-state index in [1.165, 1.54) is 0 Å². The summed E-state index contributed by atoms with van der Waals surface area (Å²) >= 11 is 0. The highest BCUT2D eigenvalue weighted by Crippen LogP contribution is 2.17. The Balaban J connectivity index is 1.52. The van der Waals surface area contributed by atoms with Crippen molar-refractivity contribution >= 4 is 40.8 Å². The highest BCUT2D eigenvalue weighted by molar-refractivity contribution is 5.94. The predicted octanol–water partition coefficient (Wildman–Crippen LogP) is 1.22. The third-order valence-electron chi connectivity index (χ3n) is 5.31. The second-order valence-corrected chi connectivity index (χ2v) is 7.89. The maximum Gasteiger partial charge on any atom is 0.330 e. The fraction of sp³-hybridized carbons (Fsp3) is 0.261. The average molecular weight is 479 g/mol. The van der Waals surface area contributed by atoms with Crippen LogP contribution in [0.5, 0.6) is 0 Å². The van der Waals surface area contributed by atoms with E-state index >= 15 is 0 Å². The summed E-state index contributed by atoms with van der Waals surface area (Å²) in [5.41, 5.74) is 14.1. The van der Waals surface area contributed by atoms with Gasteiger partial charge >= 0.3 is 11.9 Å². The molecule has 2 aromatic heterocycles. The number of aromatic nitrogens is 4. The van der Waals surface area contributed by atoms with Crippen molar-refractivity contribution in [1.29, 1.82) is 0 Å². The van der Waals surface area contributed by atoms with Gasteiger partial charge in [0.25, 0.3) is 5.91 Å². The molecule has 182 valence electrons. The van der Waals surface area contributed by atoms with E-state index < -0.39 is 17.9 Å². The first-order chi connectivity index (χ1) is 16.6. The fourth-order valence-electron chi connectivity index (χ4n) is 3.36. The molecule has 1 atom stereocenters. The third kappa shape index (κ3) is 6.69. The van der Waals surface area contributed by atoms with Gasteiger partial charge in [-0.2, -0.15) is 9.97 Å². The monoisotopic (exact) mass is 479 g/mol. The van der Waals surface area contributed by atoms with Crippen LogP contribution in [0.3, 0.4) is 0 Å². The Labute approximate surface area is 200 Å². The molecule has 2 heterocycles. The van der Waals surface area contributed by atoms with Crippen molar-refractivity contribution in [3.05, 3.63) is 59.4 Å². The van der Waals surface area contributed by atoms with E-state index in [0.717, 1.165) is 5.56 Å². The number of carboxylic acids is 2. The van der Waals surface area contributed by atoms with E-state index in [4.69, 9.17) is 16.6 Å². The number of hydrogen-bond donors (Lipinski definition) is 5. The smallest absolute Gasteiger partial charge is 0.330 e. The van der Waals surface area contributed by atoms with Crippen molar-refractivity contribution in [2.75, 3.05) is 18.0 Å². The van der Waals surface area contributed by atoms with Crippen molar-refractivity contribution < 1.29 is 24.6 Å². The van der Waals surface area contributed by atoms with E-state index in [-0.39, 0.29) is 42.6 Å². The van der Waals surface area contributed by atoms with Crippen LogP contribution in [-0.2, 0) is 22.4 Å². The predicted molar refractivity (Wildman–Crippen MR) is 127 cm³/mol. The molecule has 1 amide bonds. The van der Waals surface area contributed by atoms with E-state index in [0.29, 0.717) is 35.3 Å². The molecule has 0 spiro atoms. The van der Waals surface area contributed by atoms with Gasteiger partial charge in [0.1, 0.15) is 0 Å². The molecule has 0 aliphatic heterocycles. The van der Waals surface area contributed by atoms with Gasteiger partial charge in [-0.05, 0) is 43.4 Å². The summed E-state index contributed by atoms with van der Waals surface area (Å²) < 4.78 is 0. The zero-order valence-electron chi connectivity index (χ0n) is 18.8. The second-order valence-electron chi connectivity index (χ2n) is 7.89. The molecule has 12 nitrogen and oxygen atoms in total. The topological polar surface area (TPSA) is 207 Å². The number of anilines is 2. The standard InChI is InChI=1S/C23H25N7O5/c1-12(21(32)33)10-15(22(34)35)8-9-26-20(31)14-5-2-13(3-6-14)4-7-16-11-27-19-17(28-16)18(24)29-23(25)30-19/h2-3,5-6,11,15H,1,4,7-10H2,(H,26,31)(H,32,33)(H,34,35)(H4,24,25,27,29,30). The molecule has 3 aromatic rings. The van der Waals surface area contributed by atoms with Crippen LogP contribution in [0.2, 0.25) is 0 Å². The number of carbonyl (C=O) groups excluding carboxylic acids is 1. The number of nitrogens with two attached hydrogens (primary N) is 2. The summed E-state index contributed by atoms with van der Waals surface area (Å²) in [7, 11) is 0. The Morgan fingerprint density at radius 2 is 1.74 bits per heavy atom. The molecule has 1 aromatic carbocycles. The zero-order valence-corrected chi connectivity index (χ0v) is 18.8. The van der Waals surface area contributed by atoms with Crippen molar-refractivity contribution in [2.45, 2.75) is 25.7 Å². The second kappa shape index (κ2) is 11.0. The number of aryl methyl sites for hydroxylation is 2. The number of amides is 1. The number of hydrogen-bond acceptors (Lipinski definition) is 9. The molecule has 12 heteroatoms. The molecule has 7 N–H and O–H groups in total. The number of aliphatic carboxylic acids is 2. The van der Waals surface area contributed by atoms with Crippen LogP contribution in [0.25, 0.3) is 11.2 Å². The van der Waals surface area contributed by atoms with Crippen LogP contribution in [0, 0.1) is 5.92 Å². The molecular weight excluding hydrogens is 454 g/mol. The first-order valence-electron chi connectivity index (χ1n) is 10.7. The van der Waals surface area contributed by atoms with E-state index in [1.807, 2.05) is 12.1 Å². The van der Waals surface area contributed by atoms with Crippen LogP contribution in [0.4, 0.5) is 11.8 Å². The molecule has 0 radical (unpaired) electrons. The summed E-state index contributed by atoms with van der Waals surface area (Å²) in [6, 6.07) is 6.98. The van der Waals surface area contributed by atoms with Gasteiger partial charge in [-0.3, -0.25) is 9.59 Å². The molecule has 0 saturated carbocycles. The molecule has 0 bridgehead atoms. The van der Waals surface area contributed by atoms with Crippen molar-refractivity contribution in [1.82, 2.24) is 25.3 Å². The summed E-state index contributed by atoms with van der Waals surface area (Å²) in [5.74, 6) is -3.48. The molecule has 0 saturated heterocycles. The van der Waals surface area contributed by atoms with Crippen molar-refractivity contribution in [2.24, 2.45) is 5.92 Å². The lowest BCUT2D eigenvalue weighted by molar-refractivity contribution is -0.142. The van der Waals surface area contributed by atoms with Gasteiger partial charge in [-0.1, -0.05) is 18.7 Å². The number of benzene rings is 1. The molecule has 3 rings (SSSR count). The highest BCUT2D eigenvalue weighted by atomic mass is 16.4. The Kier molecular flexibility index (Phi) is 7.87. The summed E-state index contributed by atoms with van der Waals surface area (Å²) in [6.07, 6.45) is 2.72. The molecule has 35 heavy (non-hydrogen) atoms. The fourth-order valence-corrected chi connectivity index (χ4v) is 3.36. The Morgan fingerprint density at radius 1 is 1.03 bits per heavy atom. The molecule has 0 aliphatic carbocycles. The van der Waals surface area contributed by atoms with Crippen LogP contribution < -0.4 is 16.8 Å². The zero-order chi connectivity index (χ0) is 25.5. The maximum absolute atomic E-state index is 12.4. The normalized spacial score (nSPS) is 11.7. The van der Waals surface area contributed by atoms with Gasteiger partial charge in [0.2, 0.25) is 5.95 Å². The molecule has 0 aliphatic rings. The van der Waals surface area contributed by atoms with E-state index in [2.05, 4.69) is 31.8 Å². The minimum Gasteiger partial charge on any atom is -0.481 e. The summed E-state index contributed by atoms with van der Waals surface area (Å²) in [4.78, 5) is 51.2. The number of nitrogen functional groups attached to an aromatic ring is 2. The van der Waals surface area contributed by atoms with Gasteiger partial charge in [-0.25, -0.2) is 14.8 Å². The first-order valence-corrected chi connectivity index (χ1v) is 10.7. The summed E-state index contributed by atoms with van der Waals surface area (Å²) in [5, 5.41) is 20.8. The number of nitrogens with one attached hydrogen (secondary N) is 1. The van der Waals surface area contributed by atoms with Crippen LogP contribution >= 0.6 is 0 Å². The van der Waals surface area contributed by atoms with Gasteiger partial charge in [0.05, 0.1) is 17.8 Å². The lowest BCUT2D eigenvalue weighted by atomic mass is 9.97. The van der Waals surface area contributed by atoms with Gasteiger partial charge in [-0.15, -0.1) is 0 Å². The average Bonchev–Trinajstić information content (AvgIpc) is 2.82. The Bertz CT molecular complexity index is 1280. The van der Waals surface area contributed by atoms with E-state index in [9.17, 15) is 19.5 Å². The Morgan fingerprint density at radius 3 is 2.40 bits per heavy atom. The minimum absolute atomic E-state index is 0.0342. The quantitative estimate of drug-likeness (QED) is 0.247. The van der Waals surface area contributed by atoms with Crippen LogP contribution in [0.15, 0.2) is 42.6 Å². The van der Waals surface area contributed by atoms with Crippen LogP contribution in [0.1, 0.15) is 34.5 Å². The maximum atomic E-state index is 12.4. The van der Waals surface area contributed by atoms with Gasteiger partial charge in [0, 0.05) is 17.7 Å². The third-order valence-corrected chi connectivity index (χ3v) is 5.31. The SMILES string of the molecule is C=C(CC(CCNC(=O)c1ccc(CCc2cnc3nc(N)nc(N)c3n2)cc1)C(=O)O)C(=O)O. The first kappa shape index (κ1) is 25.0. The molecular formula is C23H25N7O5. The summed E-state index contributed by atoms with van der Waals surface area (Å²) in [6.45, 7) is 3.44. The minimum atomic E-state index is -1.24. The van der Waals surface area contributed by atoms with Crippen molar-refractivity contribution in [3.63, 3.8) is 0 Å². The highest BCUT2D eigenvalue weighted by Gasteiger charge is 2.21. The largest absolute Gasteiger partial charge is 0.481 e. The molecule has 1 unspecified atom stereocenters. The Hall–Kier alpha value is -4.61. The lowest BCUT2D eigenvalue weighted by Gasteiger charge is -2.13. The van der Waals surface area contributed by atoms with E-state index in [1.54, 1.807) is 18.3 Å². The number of nitrogens with zero attached hydrogens (tertiary/aromatic N) is 4. The van der Waals surface area contributed by atoms with Gasteiger partial charge in [0.15, 0.2) is 17.0 Å². The van der Waals surface area contributed by atoms with Gasteiger partial charge < -0.3 is 27.0 Å². The number of rotatable bonds is 11. The number of carboxylic acid groups (broad SMARTS) is 2.